The van der Waals surface area contributed by atoms with Gasteiger partial charge in [0.15, 0.2) is 0 Å². The van der Waals surface area contributed by atoms with Crippen LogP contribution in [0.4, 0.5) is 14.5 Å². The normalized spacial score (nSPS) is 22.5. The number of aromatic nitrogens is 3. The lowest BCUT2D eigenvalue weighted by Gasteiger charge is -2.40. The van der Waals surface area contributed by atoms with Gasteiger partial charge in [-0.25, -0.2) is 8.78 Å². The number of alkyl halides is 2. The number of aryl methyl sites for hydroxylation is 1. The third-order valence-electron chi connectivity index (χ3n) is 10.7. The van der Waals surface area contributed by atoms with Gasteiger partial charge >= 0.3 is 0 Å². The number of amides is 3. The van der Waals surface area contributed by atoms with E-state index < -0.39 is 17.7 Å². The molecule has 2 unspecified atom stereocenters. The smallest absolute Gasteiger partial charge is 0.250 e. The molecule has 0 radical (unpaired) electrons. The Morgan fingerprint density at radius 1 is 0.961 bits per heavy atom. The van der Waals surface area contributed by atoms with Crippen LogP contribution in [0.2, 0.25) is 0 Å². The lowest BCUT2D eigenvalue weighted by Crippen LogP contribution is -2.45. The summed E-state index contributed by atoms with van der Waals surface area (Å²) < 4.78 is 35.4. The van der Waals surface area contributed by atoms with Crippen molar-refractivity contribution in [2.45, 2.75) is 127 Å². The van der Waals surface area contributed by atoms with Crippen LogP contribution in [-0.2, 0) is 19.1 Å². The average Bonchev–Trinajstić information content (AvgIpc) is 3.59. The molecule has 14 heteroatoms. The summed E-state index contributed by atoms with van der Waals surface area (Å²) in [5.74, 6) is -1.70. The van der Waals surface area contributed by atoms with E-state index in [2.05, 4.69) is 49.5 Å². The van der Waals surface area contributed by atoms with Crippen molar-refractivity contribution in [2.24, 2.45) is 11.7 Å². The highest BCUT2D eigenvalue weighted by Crippen LogP contribution is 2.43. The van der Waals surface area contributed by atoms with Gasteiger partial charge in [0, 0.05) is 61.6 Å². The molecule has 3 amide bonds. The zero-order valence-electron chi connectivity index (χ0n) is 30.3. The van der Waals surface area contributed by atoms with Gasteiger partial charge in [0.1, 0.15) is 24.9 Å². The Morgan fingerprint density at radius 2 is 1.63 bits per heavy atom. The SMILES string of the molecule is Cc1nnc(C(C)C)n1C1CC2CCC(C1)N2CC[C@H](NC(=O)C1CCC(F)(F)CC1)c1ccc(NC(=O)COCC(=O)NCCCCN)cc1. The van der Waals surface area contributed by atoms with Gasteiger partial charge < -0.3 is 31.0 Å². The van der Waals surface area contributed by atoms with E-state index in [9.17, 15) is 23.2 Å². The van der Waals surface area contributed by atoms with Crippen molar-refractivity contribution in [3.8, 4) is 0 Å². The lowest BCUT2D eigenvalue weighted by atomic mass is 9.86. The van der Waals surface area contributed by atoms with Gasteiger partial charge in [0.05, 0.1) is 6.04 Å². The number of nitrogens with two attached hydrogens (primary N) is 1. The number of fused-ring (bicyclic) bond motifs is 2. The van der Waals surface area contributed by atoms with Gasteiger partial charge in [-0.1, -0.05) is 26.0 Å². The lowest BCUT2D eigenvalue weighted by molar-refractivity contribution is -0.130. The number of nitrogens with zero attached hydrogens (tertiary/aromatic N) is 4. The molecule has 3 atom stereocenters. The molecule has 5 rings (SSSR count). The Kier molecular flexibility index (Phi) is 13.5. The van der Waals surface area contributed by atoms with E-state index in [1.807, 2.05) is 19.1 Å². The second-order valence-electron chi connectivity index (χ2n) is 14.9. The van der Waals surface area contributed by atoms with E-state index in [0.29, 0.717) is 49.2 Å². The van der Waals surface area contributed by atoms with Crippen molar-refractivity contribution < 1.29 is 27.9 Å². The van der Waals surface area contributed by atoms with Crippen LogP contribution in [0.5, 0.6) is 0 Å². The molecule has 0 spiro atoms. The minimum absolute atomic E-state index is 0.174. The molecule has 5 N–H and O–H groups in total. The minimum atomic E-state index is -2.70. The zero-order chi connectivity index (χ0) is 36.5. The van der Waals surface area contributed by atoms with Crippen molar-refractivity contribution in [1.82, 2.24) is 30.3 Å². The summed E-state index contributed by atoms with van der Waals surface area (Å²) in [6.45, 7) is 7.73. The van der Waals surface area contributed by atoms with Crippen LogP contribution in [-0.4, -0.2) is 88.2 Å². The number of carbonyl (C=O) groups is 3. The average molecular weight is 715 g/mol. The van der Waals surface area contributed by atoms with Crippen LogP contribution in [0.3, 0.4) is 0 Å². The number of carbonyl (C=O) groups excluding carboxylic acids is 3. The molecule has 3 aliphatic rings. The number of anilines is 1. The summed E-state index contributed by atoms with van der Waals surface area (Å²) in [5, 5.41) is 17.6. The molecule has 12 nitrogen and oxygen atoms in total. The van der Waals surface area contributed by atoms with Gasteiger partial charge in [-0.3, -0.25) is 19.3 Å². The molecule has 1 aromatic heterocycles. The van der Waals surface area contributed by atoms with E-state index in [-0.39, 0.29) is 56.8 Å². The fourth-order valence-electron chi connectivity index (χ4n) is 8.02. The zero-order valence-corrected chi connectivity index (χ0v) is 30.3. The molecule has 2 bridgehead atoms. The summed E-state index contributed by atoms with van der Waals surface area (Å²) in [6.07, 6.45) is 6.40. The molecule has 1 aliphatic carbocycles. The minimum Gasteiger partial charge on any atom is -0.362 e. The number of rotatable bonds is 17. The highest BCUT2D eigenvalue weighted by atomic mass is 19.3. The number of benzene rings is 1. The van der Waals surface area contributed by atoms with Crippen LogP contribution in [0.25, 0.3) is 0 Å². The molecule has 51 heavy (non-hydrogen) atoms. The number of halogens is 2. The highest BCUT2D eigenvalue weighted by molar-refractivity contribution is 5.92. The monoisotopic (exact) mass is 714 g/mol. The standard InChI is InChI=1S/C37H56F2N8O4/c1-24(2)35-45-44-25(3)47(35)31-20-29-10-11-30(21-31)46(29)19-14-32(43-36(50)27-12-15-37(38,39)16-13-27)26-6-8-28(9-7-26)42-34(49)23-51-22-33(48)41-18-5-4-17-40/h6-9,24,27,29-32H,4-5,10-23,40H2,1-3H3,(H,41,48)(H,42,49)(H,43,50)/t29?,30?,31?,32-/m0/s1. The number of piperidine rings is 1. The van der Waals surface area contributed by atoms with E-state index in [4.69, 9.17) is 10.5 Å². The number of hydrogen-bond donors (Lipinski definition) is 4. The molecule has 1 aromatic carbocycles. The van der Waals surface area contributed by atoms with Crippen molar-refractivity contribution in [3.63, 3.8) is 0 Å². The Bertz CT molecular complexity index is 1440. The van der Waals surface area contributed by atoms with Gasteiger partial charge in [0.25, 0.3) is 0 Å². The predicted octanol–water partition coefficient (Wildman–Crippen LogP) is 4.76. The molecule has 3 fully saturated rings. The summed E-state index contributed by atoms with van der Waals surface area (Å²) in [7, 11) is 0. The Labute approximate surface area is 300 Å². The third-order valence-corrected chi connectivity index (χ3v) is 10.7. The molecule has 2 aromatic rings. The summed E-state index contributed by atoms with van der Waals surface area (Å²) >= 11 is 0. The third kappa shape index (κ3) is 10.5. The second-order valence-corrected chi connectivity index (χ2v) is 14.9. The first kappa shape index (κ1) is 38.7. The van der Waals surface area contributed by atoms with Crippen LogP contribution < -0.4 is 21.7 Å². The van der Waals surface area contributed by atoms with Gasteiger partial charge in [0.2, 0.25) is 23.6 Å². The largest absolute Gasteiger partial charge is 0.362 e. The van der Waals surface area contributed by atoms with Crippen molar-refractivity contribution >= 4 is 23.4 Å². The van der Waals surface area contributed by atoms with E-state index in [0.717, 1.165) is 62.3 Å². The van der Waals surface area contributed by atoms with Gasteiger partial charge in [-0.2, -0.15) is 0 Å². The predicted molar refractivity (Wildman–Crippen MR) is 190 cm³/mol. The van der Waals surface area contributed by atoms with Crippen molar-refractivity contribution in [3.05, 3.63) is 41.5 Å². The number of hydrogen-bond acceptors (Lipinski definition) is 8. The maximum Gasteiger partial charge on any atom is 0.250 e. The molecular formula is C37H56F2N8O4. The fourth-order valence-corrected chi connectivity index (χ4v) is 8.02. The first-order valence-corrected chi connectivity index (χ1v) is 18.7. The first-order chi connectivity index (χ1) is 24.4. The summed E-state index contributed by atoms with van der Waals surface area (Å²) in [4.78, 5) is 40.4. The Morgan fingerprint density at radius 3 is 2.27 bits per heavy atom. The number of ether oxygens (including phenoxy) is 1. The van der Waals surface area contributed by atoms with E-state index >= 15 is 0 Å². The van der Waals surface area contributed by atoms with Crippen LogP contribution >= 0.6 is 0 Å². The van der Waals surface area contributed by atoms with Gasteiger partial charge in [-0.15, -0.1) is 10.2 Å². The maximum atomic E-state index is 13.9. The molecule has 282 valence electrons. The first-order valence-electron chi connectivity index (χ1n) is 18.7. The van der Waals surface area contributed by atoms with Crippen molar-refractivity contribution in [2.75, 3.05) is 38.2 Å². The van der Waals surface area contributed by atoms with E-state index in [1.54, 1.807) is 12.1 Å². The summed E-state index contributed by atoms with van der Waals surface area (Å²) in [5.41, 5.74) is 6.90. The Balaban J connectivity index is 1.19. The topological polar surface area (TPSA) is 157 Å². The van der Waals surface area contributed by atoms with Crippen LogP contribution in [0, 0.1) is 12.8 Å². The number of unbranched alkanes of at least 4 members (excludes halogenated alkanes) is 1. The van der Waals surface area contributed by atoms with Gasteiger partial charge in [-0.05, 0) is 89.0 Å². The molecule has 2 aliphatic heterocycles. The van der Waals surface area contributed by atoms with Crippen LogP contribution in [0.15, 0.2) is 24.3 Å². The molecule has 1 saturated carbocycles. The van der Waals surface area contributed by atoms with E-state index in [1.165, 1.54) is 0 Å². The van der Waals surface area contributed by atoms with Crippen molar-refractivity contribution in [1.29, 1.82) is 0 Å². The maximum absolute atomic E-state index is 13.9. The number of nitrogens with one attached hydrogen (secondary N) is 3. The molecule has 2 saturated heterocycles. The fraction of sp³-hybridized carbons (Fsp3) is 0.703. The Hall–Kier alpha value is -3.49. The van der Waals surface area contributed by atoms with Crippen LogP contribution in [0.1, 0.15) is 120 Å². The second kappa shape index (κ2) is 17.8. The molecular weight excluding hydrogens is 658 g/mol. The highest BCUT2D eigenvalue weighted by Gasteiger charge is 2.43. The quantitative estimate of drug-likeness (QED) is 0.171. The summed E-state index contributed by atoms with van der Waals surface area (Å²) in [6, 6.07) is 8.22. The molecule has 3 heterocycles.